The van der Waals surface area contributed by atoms with Gasteiger partial charge in [-0.05, 0) is 31.2 Å². The lowest BCUT2D eigenvalue weighted by molar-refractivity contribution is -0.142. The van der Waals surface area contributed by atoms with Gasteiger partial charge in [0.05, 0.1) is 5.41 Å². The lowest BCUT2D eigenvalue weighted by Crippen LogP contribution is -2.55. The molecule has 2 saturated heterocycles. The van der Waals surface area contributed by atoms with Crippen molar-refractivity contribution in [2.45, 2.75) is 43.6 Å². The average molecular weight is 327 g/mol. The van der Waals surface area contributed by atoms with Crippen LogP contribution in [-0.2, 0) is 10.2 Å². The standard InChI is InChI=1S/C19H25N3O2/c23-17(19(9-4-10-19)15-5-2-1-3-6-15)21-12-7-16(8-13-21)22-14-11-20-18(22)24/h1-3,5-6,16H,4,7-14H2,(H,20,24). The number of likely N-dealkylation sites (tertiary alicyclic amines) is 1. The van der Waals surface area contributed by atoms with Gasteiger partial charge in [-0.1, -0.05) is 36.8 Å². The summed E-state index contributed by atoms with van der Waals surface area (Å²) in [6, 6.07) is 10.6. The van der Waals surface area contributed by atoms with E-state index >= 15 is 0 Å². The highest BCUT2D eigenvalue weighted by Crippen LogP contribution is 2.45. The van der Waals surface area contributed by atoms with Gasteiger partial charge in [-0.15, -0.1) is 0 Å². The molecule has 3 aliphatic rings. The Morgan fingerprint density at radius 2 is 1.79 bits per heavy atom. The molecule has 2 aliphatic heterocycles. The van der Waals surface area contributed by atoms with E-state index in [1.54, 1.807) is 0 Å². The van der Waals surface area contributed by atoms with Crippen LogP contribution in [0.15, 0.2) is 30.3 Å². The Labute approximate surface area is 143 Å². The summed E-state index contributed by atoms with van der Waals surface area (Å²) in [5.74, 6) is 0.296. The monoisotopic (exact) mass is 327 g/mol. The highest BCUT2D eigenvalue weighted by atomic mass is 16.2. The van der Waals surface area contributed by atoms with Crippen molar-refractivity contribution in [3.8, 4) is 0 Å². The molecule has 3 fully saturated rings. The number of hydrogen-bond donors (Lipinski definition) is 1. The van der Waals surface area contributed by atoms with Gasteiger partial charge in [0, 0.05) is 32.2 Å². The fraction of sp³-hybridized carbons (Fsp3) is 0.579. The number of rotatable bonds is 3. The van der Waals surface area contributed by atoms with Gasteiger partial charge in [0.25, 0.3) is 0 Å². The van der Waals surface area contributed by atoms with E-state index in [0.717, 1.165) is 58.3 Å². The van der Waals surface area contributed by atoms with Crippen LogP contribution in [0.4, 0.5) is 4.79 Å². The first-order chi connectivity index (χ1) is 11.7. The van der Waals surface area contributed by atoms with Crippen molar-refractivity contribution >= 4 is 11.9 Å². The van der Waals surface area contributed by atoms with Crippen LogP contribution >= 0.6 is 0 Å². The second-order valence-electron chi connectivity index (χ2n) is 7.25. The van der Waals surface area contributed by atoms with E-state index in [1.807, 2.05) is 28.0 Å². The summed E-state index contributed by atoms with van der Waals surface area (Å²) in [5, 5.41) is 2.87. The minimum Gasteiger partial charge on any atom is -0.342 e. The molecule has 1 N–H and O–H groups in total. The minimum absolute atomic E-state index is 0.0551. The van der Waals surface area contributed by atoms with E-state index in [2.05, 4.69) is 17.4 Å². The summed E-state index contributed by atoms with van der Waals surface area (Å²) in [6.45, 7) is 3.07. The summed E-state index contributed by atoms with van der Waals surface area (Å²) >= 11 is 0. The van der Waals surface area contributed by atoms with Gasteiger partial charge in [-0.3, -0.25) is 4.79 Å². The van der Waals surface area contributed by atoms with Crippen LogP contribution < -0.4 is 5.32 Å². The largest absolute Gasteiger partial charge is 0.342 e. The molecule has 1 aromatic carbocycles. The van der Waals surface area contributed by atoms with Crippen molar-refractivity contribution in [2.75, 3.05) is 26.2 Å². The summed E-state index contributed by atoms with van der Waals surface area (Å²) in [5.41, 5.74) is 0.876. The van der Waals surface area contributed by atoms with E-state index < -0.39 is 0 Å². The molecular weight excluding hydrogens is 302 g/mol. The van der Waals surface area contributed by atoms with E-state index in [-0.39, 0.29) is 17.5 Å². The molecule has 3 amide bonds. The van der Waals surface area contributed by atoms with Crippen molar-refractivity contribution in [3.63, 3.8) is 0 Å². The Bertz CT molecular complexity index is 619. The smallest absolute Gasteiger partial charge is 0.317 e. The van der Waals surface area contributed by atoms with Gasteiger partial charge in [0.15, 0.2) is 0 Å². The molecule has 1 aliphatic carbocycles. The summed E-state index contributed by atoms with van der Waals surface area (Å²) in [7, 11) is 0. The Hall–Kier alpha value is -2.04. The van der Waals surface area contributed by atoms with Crippen LogP contribution in [0, 0.1) is 0 Å². The summed E-state index contributed by atoms with van der Waals surface area (Å²) in [4.78, 5) is 29.0. The maximum Gasteiger partial charge on any atom is 0.317 e. The first-order valence-corrected chi connectivity index (χ1v) is 9.10. The second-order valence-corrected chi connectivity index (χ2v) is 7.25. The maximum absolute atomic E-state index is 13.2. The molecule has 0 spiro atoms. The number of amides is 3. The zero-order chi connectivity index (χ0) is 16.6. The SMILES string of the molecule is O=C1NCCN1C1CCN(C(=O)C2(c3ccccc3)CCC2)CC1. The molecule has 0 atom stereocenters. The van der Waals surface area contributed by atoms with Crippen LogP contribution in [-0.4, -0.2) is 54.0 Å². The highest BCUT2D eigenvalue weighted by Gasteiger charge is 2.48. The maximum atomic E-state index is 13.2. The topological polar surface area (TPSA) is 52.7 Å². The number of carbonyl (C=O) groups is 2. The molecule has 128 valence electrons. The van der Waals surface area contributed by atoms with Gasteiger partial charge in [-0.25, -0.2) is 4.79 Å². The predicted molar refractivity (Wildman–Crippen MR) is 91.7 cm³/mol. The van der Waals surface area contributed by atoms with Crippen molar-refractivity contribution in [1.29, 1.82) is 0 Å². The first-order valence-electron chi connectivity index (χ1n) is 9.10. The van der Waals surface area contributed by atoms with Gasteiger partial charge in [0.2, 0.25) is 5.91 Å². The molecule has 0 unspecified atom stereocenters. The van der Waals surface area contributed by atoms with Crippen molar-refractivity contribution in [1.82, 2.24) is 15.1 Å². The second kappa shape index (κ2) is 6.11. The van der Waals surface area contributed by atoms with Crippen molar-refractivity contribution in [2.24, 2.45) is 0 Å². The molecule has 0 aromatic heterocycles. The van der Waals surface area contributed by atoms with Gasteiger partial charge in [0.1, 0.15) is 0 Å². The van der Waals surface area contributed by atoms with E-state index in [1.165, 1.54) is 5.56 Å². The molecule has 24 heavy (non-hydrogen) atoms. The fourth-order valence-corrected chi connectivity index (χ4v) is 4.43. The van der Waals surface area contributed by atoms with Gasteiger partial charge in [-0.2, -0.15) is 0 Å². The summed E-state index contributed by atoms with van der Waals surface area (Å²) < 4.78 is 0. The molecule has 1 aromatic rings. The molecule has 0 radical (unpaired) electrons. The van der Waals surface area contributed by atoms with Crippen LogP contribution in [0.25, 0.3) is 0 Å². The van der Waals surface area contributed by atoms with E-state index in [0.29, 0.717) is 5.91 Å². The van der Waals surface area contributed by atoms with Gasteiger partial charge < -0.3 is 15.1 Å². The normalized spacial score (nSPS) is 23.8. The lowest BCUT2D eigenvalue weighted by Gasteiger charge is -2.46. The molecule has 1 saturated carbocycles. The van der Waals surface area contributed by atoms with Crippen LogP contribution in [0.3, 0.4) is 0 Å². The lowest BCUT2D eigenvalue weighted by atomic mass is 9.63. The number of nitrogens with zero attached hydrogens (tertiary/aromatic N) is 2. The third-order valence-electron chi connectivity index (χ3n) is 6.03. The zero-order valence-corrected chi connectivity index (χ0v) is 14.0. The molecule has 2 heterocycles. The molecular formula is C19H25N3O2. The number of carbonyl (C=O) groups excluding carboxylic acids is 2. The first kappa shape index (κ1) is 15.5. The Kier molecular flexibility index (Phi) is 3.94. The van der Waals surface area contributed by atoms with Crippen LogP contribution in [0.5, 0.6) is 0 Å². The highest BCUT2D eigenvalue weighted by molar-refractivity contribution is 5.89. The quantitative estimate of drug-likeness (QED) is 0.924. The predicted octanol–water partition coefficient (Wildman–Crippen LogP) is 2.12. The van der Waals surface area contributed by atoms with Crippen LogP contribution in [0.1, 0.15) is 37.7 Å². The molecule has 0 bridgehead atoms. The number of hydrogen-bond acceptors (Lipinski definition) is 2. The fourth-order valence-electron chi connectivity index (χ4n) is 4.43. The summed E-state index contributed by atoms with van der Waals surface area (Å²) in [6.07, 6.45) is 4.84. The number of benzene rings is 1. The number of piperidine rings is 1. The van der Waals surface area contributed by atoms with E-state index in [9.17, 15) is 9.59 Å². The number of nitrogens with one attached hydrogen (secondary N) is 1. The Morgan fingerprint density at radius 3 is 2.33 bits per heavy atom. The Balaban J connectivity index is 1.43. The minimum atomic E-state index is -0.293. The average Bonchev–Trinajstić information content (AvgIpc) is 3.01. The zero-order valence-electron chi connectivity index (χ0n) is 14.0. The van der Waals surface area contributed by atoms with Crippen molar-refractivity contribution < 1.29 is 9.59 Å². The number of urea groups is 1. The van der Waals surface area contributed by atoms with E-state index in [4.69, 9.17) is 0 Å². The van der Waals surface area contributed by atoms with Crippen molar-refractivity contribution in [3.05, 3.63) is 35.9 Å². The van der Waals surface area contributed by atoms with Gasteiger partial charge >= 0.3 is 6.03 Å². The molecule has 4 rings (SSSR count). The third-order valence-corrected chi connectivity index (χ3v) is 6.03. The molecule has 5 heteroatoms. The van der Waals surface area contributed by atoms with Crippen LogP contribution in [0.2, 0.25) is 0 Å². The molecule has 5 nitrogen and oxygen atoms in total. The third kappa shape index (κ3) is 2.46. The Morgan fingerprint density at radius 1 is 1.08 bits per heavy atom.